The highest BCUT2D eigenvalue weighted by Gasteiger charge is 2.22. The predicted octanol–water partition coefficient (Wildman–Crippen LogP) is 6.85. The van der Waals surface area contributed by atoms with Crippen molar-refractivity contribution < 1.29 is 0 Å². The molecule has 0 nitrogen and oxygen atoms in total. The van der Waals surface area contributed by atoms with E-state index in [0.29, 0.717) is 5.03 Å². The summed E-state index contributed by atoms with van der Waals surface area (Å²) in [7, 11) is -0.222. The number of allylic oxidation sites excluding steroid dienone is 4. The Bertz CT molecular complexity index is 640. The molecular formula is C18H14Cl3S+. The molecule has 0 N–H and O–H groups in total. The quantitative estimate of drug-likeness (QED) is 0.400. The van der Waals surface area contributed by atoms with Gasteiger partial charge in [0.15, 0.2) is 9.79 Å². The van der Waals surface area contributed by atoms with Gasteiger partial charge in [0.05, 0.1) is 10.9 Å². The highest BCUT2D eigenvalue weighted by atomic mass is 35.5. The number of benzene rings is 2. The van der Waals surface area contributed by atoms with E-state index in [-0.39, 0.29) is 10.9 Å². The fourth-order valence-electron chi connectivity index (χ4n) is 1.73. The van der Waals surface area contributed by atoms with Crippen LogP contribution in [0.15, 0.2) is 93.6 Å². The maximum atomic E-state index is 5.98. The molecule has 22 heavy (non-hydrogen) atoms. The zero-order chi connectivity index (χ0) is 15.9. The molecule has 0 radical (unpaired) electrons. The van der Waals surface area contributed by atoms with Crippen molar-refractivity contribution in [1.82, 2.24) is 0 Å². The second-order valence-corrected chi connectivity index (χ2v) is 7.53. The third kappa shape index (κ3) is 4.96. The number of hydrogen-bond donors (Lipinski definition) is 0. The number of hydrogen-bond acceptors (Lipinski definition) is 0. The highest BCUT2D eigenvalue weighted by Crippen LogP contribution is 2.27. The minimum atomic E-state index is -0.222. The van der Waals surface area contributed by atoms with Gasteiger partial charge in [-0.2, -0.15) is 0 Å². The van der Waals surface area contributed by atoms with Crippen molar-refractivity contribution in [3.63, 3.8) is 0 Å². The van der Waals surface area contributed by atoms with E-state index in [4.69, 9.17) is 34.8 Å². The van der Waals surface area contributed by atoms with Crippen LogP contribution in [-0.4, -0.2) is 0 Å². The lowest BCUT2D eigenvalue weighted by atomic mass is 10.4. The molecule has 0 aliphatic rings. The summed E-state index contributed by atoms with van der Waals surface area (Å²) in [6, 6.07) is 15.7. The molecule has 0 heterocycles. The Morgan fingerprint density at radius 2 is 1.32 bits per heavy atom. The molecule has 0 fully saturated rings. The highest BCUT2D eigenvalue weighted by molar-refractivity contribution is 7.99. The van der Waals surface area contributed by atoms with E-state index >= 15 is 0 Å². The van der Waals surface area contributed by atoms with Crippen LogP contribution in [0.4, 0.5) is 0 Å². The first-order valence-corrected chi connectivity index (χ1v) is 8.93. The average Bonchev–Trinajstić information content (AvgIpc) is 2.53. The van der Waals surface area contributed by atoms with Crippen LogP contribution in [0, 0.1) is 0 Å². The van der Waals surface area contributed by atoms with Gasteiger partial charge in [-0.05, 0) is 60.7 Å². The van der Waals surface area contributed by atoms with Crippen LogP contribution in [0.5, 0.6) is 0 Å². The molecule has 112 valence electrons. The third-order valence-electron chi connectivity index (χ3n) is 2.80. The van der Waals surface area contributed by atoms with Gasteiger partial charge in [0.1, 0.15) is 5.41 Å². The van der Waals surface area contributed by atoms with Gasteiger partial charge in [-0.15, -0.1) is 0 Å². The topological polar surface area (TPSA) is 0 Å². The van der Waals surface area contributed by atoms with E-state index in [9.17, 15) is 0 Å². The second-order valence-electron chi connectivity index (χ2n) is 4.33. The minimum Gasteiger partial charge on any atom is -0.0976 e. The number of rotatable bonds is 5. The molecule has 0 aliphatic heterocycles. The van der Waals surface area contributed by atoms with Crippen molar-refractivity contribution in [2.45, 2.75) is 9.79 Å². The lowest BCUT2D eigenvalue weighted by molar-refractivity contribution is 1.38. The lowest BCUT2D eigenvalue weighted by Gasteiger charge is -2.03. The van der Waals surface area contributed by atoms with E-state index < -0.39 is 0 Å². The molecule has 0 amide bonds. The molecule has 0 aromatic heterocycles. The summed E-state index contributed by atoms with van der Waals surface area (Å²) in [5.41, 5.74) is 0. The molecule has 0 spiro atoms. The largest absolute Gasteiger partial charge is 0.166 e. The molecule has 2 aromatic carbocycles. The van der Waals surface area contributed by atoms with Gasteiger partial charge < -0.3 is 0 Å². The predicted molar refractivity (Wildman–Crippen MR) is 100 cm³/mol. The smallest absolute Gasteiger partial charge is 0.0976 e. The van der Waals surface area contributed by atoms with E-state index in [1.54, 1.807) is 6.08 Å². The van der Waals surface area contributed by atoms with Crippen LogP contribution in [0.2, 0.25) is 10.0 Å². The summed E-state index contributed by atoms with van der Waals surface area (Å²) >= 11 is 17.9. The number of halogens is 3. The zero-order valence-electron chi connectivity index (χ0n) is 11.7. The standard InChI is InChI=1S/C18H14Cl3S/c1-2-14(19)4-3-13-22(17-9-5-15(20)6-10-17)18-11-7-16(21)8-12-18/h2-13H,1H2/q+1/b13-3+,14-4+. The van der Waals surface area contributed by atoms with Crippen LogP contribution in [0.3, 0.4) is 0 Å². The van der Waals surface area contributed by atoms with Crippen molar-refractivity contribution in [2.75, 3.05) is 0 Å². The molecule has 2 aromatic rings. The molecule has 0 saturated carbocycles. The lowest BCUT2D eigenvalue weighted by Crippen LogP contribution is -1.99. The van der Waals surface area contributed by atoms with Crippen LogP contribution < -0.4 is 0 Å². The molecule has 0 bridgehead atoms. The van der Waals surface area contributed by atoms with Gasteiger partial charge in [-0.25, -0.2) is 0 Å². The first-order valence-electron chi connectivity index (χ1n) is 6.51. The Morgan fingerprint density at radius 3 is 1.73 bits per heavy atom. The summed E-state index contributed by atoms with van der Waals surface area (Å²) < 4.78 is 0. The van der Waals surface area contributed by atoms with E-state index in [1.807, 2.05) is 60.7 Å². The molecule has 0 atom stereocenters. The first kappa shape index (κ1) is 17.2. The summed E-state index contributed by atoms with van der Waals surface area (Å²) in [4.78, 5) is 2.34. The Balaban J connectivity index is 2.37. The summed E-state index contributed by atoms with van der Waals surface area (Å²) in [6.45, 7) is 3.63. The van der Waals surface area contributed by atoms with Gasteiger partial charge in [-0.1, -0.05) is 47.5 Å². The van der Waals surface area contributed by atoms with Gasteiger partial charge in [0, 0.05) is 15.1 Å². The molecule has 0 unspecified atom stereocenters. The fourth-order valence-corrected chi connectivity index (χ4v) is 3.74. The molecule has 0 saturated heterocycles. The third-order valence-corrected chi connectivity index (χ3v) is 5.57. The van der Waals surface area contributed by atoms with Gasteiger partial charge in [0.25, 0.3) is 0 Å². The van der Waals surface area contributed by atoms with Gasteiger partial charge >= 0.3 is 0 Å². The molecule has 0 aliphatic carbocycles. The minimum absolute atomic E-state index is 0.222. The van der Waals surface area contributed by atoms with Crippen LogP contribution in [0.1, 0.15) is 0 Å². The maximum absolute atomic E-state index is 5.98. The molecule has 2 rings (SSSR count). The van der Waals surface area contributed by atoms with Crippen LogP contribution in [-0.2, 0) is 10.9 Å². The van der Waals surface area contributed by atoms with E-state index in [0.717, 1.165) is 10.0 Å². The van der Waals surface area contributed by atoms with Crippen LogP contribution >= 0.6 is 34.8 Å². The second kappa shape index (κ2) is 8.50. The van der Waals surface area contributed by atoms with Crippen molar-refractivity contribution in [1.29, 1.82) is 0 Å². The van der Waals surface area contributed by atoms with Crippen molar-refractivity contribution in [2.24, 2.45) is 0 Å². The summed E-state index contributed by atoms with van der Waals surface area (Å²) in [5.74, 6) is 0. The zero-order valence-corrected chi connectivity index (χ0v) is 14.8. The van der Waals surface area contributed by atoms with Crippen molar-refractivity contribution in [3.05, 3.63) is 93.8 Å². The summed E-state index contributed by atoms with van der Waals surface area (Å²) in [6.07, 6.45) is 5.37. The monoisotopic (exact) mass is 367 g/mol. The Morgan fingerprint density at radius 1 is 0.864 bits per heavy atom. The first-order chi connectivity index (χ1) is 10.6. The maximum Gasteiger partial charge on any atom is 0.166 e. The molecular weight excluding hydrogens is 355 g/mol. The van der Waals surface area contributed by atoms with E-state index in [2.05, 4.69) is 12.0 Å². The fraction of sp³-hybridized carbons (Fsp3) is 0. The van der Waals surface area contributed by atoms with E-state index in [1.165, 1.54) is 9.79 Å². The molecule has 4 heteroatoms. The van der Waals surface area contributed by atoms with Crippen molar-refractivity contribution >= 4 is 45.7 Å². The Labute approximate surface area is 149 Å². The Hall–Kier alpha value is -1.12. The van der Waals surface area contributed by atoms with Gasteiger partial charge in [0.2, 0.25) is 0 Å². The SMILES string of the molecule is C=C/C(Cl)=C\C=C\[S+](c1ccc(Cl)cc1)c1ccc(Cl)cc1. The van der Waals surface area contributed by atoms with Gasteiger partial charge in [-0.3, -0.25) is 0 Å². The normalized spacial score (nSPS) is 12.1. The summed E-state index contributed by atoms with van der Waals surface area (Å²) in [5, 5.41) is 4.16. The van der Waals surface area contributed by atoms with Crippen LogP contribution in [0.25, 0.3) is 0 Å². The average molecular weight is 369 g/mol. The Kier molecular flexibility index (Phi) is 6.66. The van der Waals surface area contributed by atoms with Crippen molar-refractivity contribution in [3.8, 4) is 0 Å².